The summed E-state index contributed by atoms with van der Waals surface area (Å²) in [6, 6.07) is 5.76. The molecule has 0 spiro atoms. The molecule has 0 aromatic heterocycles. The van der Waals surface area contributed by atoms with Gasteiger partial charge in [-0.25, -0.2) is 0 Å². The molecule has 1 atom stereocenters. The molecule has 0 saturated heterocycles. The number of phenols is 2. The summed E-state index contributed by atoms with van der Waals surface area (Å²) >= 11 is 5.04. The van der Waals surface area contributed by atoms with E-state index in [0.717, 1.165) is 40.4 Å². The molecule has 6 heteroatoms. The number of rotatable bonds is 1. The normalized spacial score (nSPS) is 20.0. The maximum absolute atomic E-state index is 10.8. The highest BCUT2D eigenvalue weighted by Crippen LogP contribution is 2.51. The van der Waals surface area contributed by atoms with Gasteiger partial charge in [-0.05, 0) is 58.1 Å². The Morgan fingerprint density at radius 3 is 2.96 bits per heavy atom. The zero-order valence-electron chi connectivity index (χ0n) is 12.6. The molecule has 0 fully saturated rings. The molecule has 5 rings (SSSR count). The standard InChI is InChI=1S/C18H13BrN2O2S/c19-11-3-9-4-15(24-14(9)6-13(11)22)10-5-12-16-8(1-2-20-12)7-21-17(16)18(10)23/h3,5-7,15,22-23H,1-2,4H2. The zero-order valence-corrected chi connectivity index (χ0v) is 15.0. The lowest BCUT2D eigenvalue weighted by atomic mass is 9.99. The summed E-state index contributed by atoms with van der Waals surface area (Å²) in [6.45, 7) is 0.775. The molecule has 120 valence electrons. The van der Waals surface area contributed by atoms with Gasteiger partial charge in [0.1, 0.15) is 17.2 Å². The van der Waals surface area contributed by atoms with Gasteiger partial charge in [0.05, 0.1) is 9.83 Å². The lowest BCUT2D eigenvalue weighted by molar-refractivity contribution is 0.468. The molecular formula is C18H13BrN2O2S. The summed E-state index contributed by atoms with van der Waals surface area (Å²) in [5.74, 6) is 0.514. The molecule has 0 radical (unpaired) electrons. The lowest BCUT2D eigenvalue weighted by Crippen LogP contribution is -2.31. The SMILES string of the molecule is Oc1cc2c(cc1Br)CC(c1cc3c4c(c1O)N=CC=4CCN=3)S2. The second-order valence-electron chi connectivity index (χ2n) is 6.19. The van der Waals surface area contributed by atoms with E-state index >= 15 is 0 Å². The summed E-state index contributed by atoms with van der Waals surface area (Å²) in [4.78, 5) is 10.1. The fourth-order valence-corrected chi connectivity index (χ4v) is 5.33. The van der Waals surface area contributed by atoms with E-state index in [4.69, 9.17) is 0 Å². The van der Waals surface area contributed by atoms with Crippen molar-refractivity contribution < 1.29 is 10.2 Å². The number of halogens is 1. The maximum Gasteiger partial charge on any atom is 0.146 e. The number of thioether (sulfide) groups is 1. The van der Waals surface area contributed by atoms with Gasteiger partial charge in [0.15, 0.2) is 0 Å². The van der Waals surface area contributed by atoms with E-state index in [-0.39, 0.29) is 16.7 Å². The first-order valence-electron chi connectivity index (χ1n) is 7.77. The van der Waals surface area contributed by atoms with Crippen molar-refractivity contribution >= 4 is 45.2 Å². The summed E-state index contributed by atoms with van der Waals surface area (Å²) in [6.07, 6.45) is 3.56. The van der Waals surface area contributed by atoms with E-state index in [1.807, 2.05) is 18.3 Å². The monoisotopic (exact) mass is 400 g/mol. The molecule has 0 aliphatic carbocycles. The highest BCUT2D eigenvalue weighted by atomic mass is 79.9. The van der Waals surface area contributed by atoms with Crippen LogP contribution in [-0.4, -0.2) is 23.0 Å². The van der Waals surface area contributed by atoms with Gasteiger partial charge in [0.2, 0.25) is 0 Å². The van der Waals surface area contributed by atoms with E-state index in [1.54, 1.807) is 17.8 Å². The highest BCUT2D eigenvalue weighted by Gasteiger charge is 2.29. The molecule has 0 saturated carbocycles. The number of nitrogens with zero attached hydrogens (tertiary/aromatic N) is 2. The van der Waals surface area contributed by atoms with Crippen LogP contribution in [0.3, 0.4) is 0 Å². The van der Waals surface area contributed by atoms with Crippen LogP contribution in [-0.2, 0) is 6.42 Å². The summed E-state index contributed by atoms with van der Waals surface area (Å²) in [5, 5.41) is 22.7. The number of fused-ring (bicyclic) bond motifs is 1. The van der Waals surface area contributed by atoms with Gasteiger partial charge < -0.3 is 10.2 Å². The van der Waals surface area contributed by atoms with E-state index < -0.39 is 0 Å². The van der Waals surface area contributed by atoms with Crippen LogP contribution in [0.2, 0.25) is 0 Å². The summed E-state index contributed by atoms with van der Waals surface area (Å²) in [7, 11) is 0. The molecule has 1 unspecified atom stereocenters. The zero-order chi connectivity index (χ0) is 16.4. The van der Waals surface area contributed by atoms with Gasteiger partial charge in [-0.15, -0.1) is 11.8 Å². The minimum absolute atomic E-state index is 0.103. The second kappa shape index (κ2) is 5.10. The first-order chi connectivity index (χ1) is 11.6. The first-order valence-corrected chi connectivity index (χ1v) is 9.45. The molecule has 24 heavy (non-hydrogen) atoms. The average Bonchev–Trinajstić information content (AvgIpc) is 3.16. The molecule has 2 aromatic carbocycles. The van der Waals surface area contributed by atoms with Crippen molar-refractivity contribution in [3.05, 3.63) is 44.4 Å². The van der Waals surface area contributed by atoms with Crippen LogP contribution in [0.15, 0.2) is 37.6 Å². The number of phenolic OH excluding ortho intramolecular Hbond substituents is 2. The fourth-order valence-electron chi connectivity index (χ4n) is 3.59. The molecule has 2 N–H and O–H groups in total. The van der Waals surface area contributed by atoms with Crippen LogP contribution < -0.4 is 10.6 Å². The highest BCUT2D eigenvalue weighted by molar-refractivity contribution is 9.10. The van der Waals surface area contributed by atoms with Crippen LogP contribution in [0.4, 0.5) is 5.69 Å². The van der Waals surface area contributed by atoms with Gasteiger partial charge >= 0.3 is 0 Å². The Bertz CT molecular complexity index is 1030. The van der Waals surface area contributed by atoms with E-state index in [1.165, 1.54) is 11.1 Å². The Labute approximate surface area is 150 Å². The van der Waals surface area contributed by atoms with E-state index in [2.05, 4.69) is 25.9 Å². The summed E-state index contributed by atoms with van der Waals surface area (Å²) < 4.78 is 0.703. The quantitative estimate of drug-likeness (QED) is 0.772. The Kier molecular flexibility index (Phi) is 3.09. The van der Waals surface area contributed by atoms with Crippen molar-refractivity contribution in [2.45, 2.75) is 23.0 Å². The van der Waals surface area contributed by atoms with Gasteiger partial charge in [0.25, 0.3) is 0 Å². The van der Waals surface area contributed by atoms with Crippen molar-refractivity contribution in [1.82, 2.24) is 0 Å². The van der Waals surface area contributed by atoms with Crippen molar-refractivity contribution in [3.63, 3.8) is 0 Å². The van der Waals surface area contributed by atoms with Crippen LogP contribution >= 0.6 is 27.7 Å². The molecule has 3 aliphatic rings. The fraction of sp³-hybridized carbons (Fsp3) is 0.222. The van der Waals surface area contributed by atoms with Crippen molar-refractivity contribution in [2.24, 2.45) is 9.98 Å². The largest absolute Gasteiger partial charge is 0.507 e. The smallest absolute Gasteiger partial charge is 0.146 e. The number of aliphatic imine (C=N–C) groups is 1. The topological polar surface area (TPSA) is 65.2 Å². The molecular weight excluding hydrogens is 388 g/mol. The van der Waals surface area contributed by atoms with Crippen molar-refractivity contribution in [3.8, 4) is 11.5 Å². The number of aromatic hydroxyl groups is 2. The predicted molar refractivity (Wildman–Crippen MR) is 98.0 cm³/mol. The molecule has 0 amide bonds. The van der Waals surface area contributed by atoms with Crippen molar-refractivity contribution in [1.29, 1.82) is 0 Å². The number of hydrogen-bond donors (Lipinski definition) is 2. The lowest BCUT2D eigenvalue weighted by Gasteiger charge is -2.14. The van der Waals surface area contributed by atoms with Gasteiger partial charge in [0, 0.05) is 33.7 Å². The van der Waals surface area contributed by atoms with Crippen LogP contribution in [0.1, 0.15) is 22.8 Å². The second-order valence-corrected chi connectivity index (χ2v) is 8.29. The van der Waals surface area contributed by atoms with Gasteiger partial charge in [-0.2, -0.15) is 0 Å². The first kappa shape index (κ1) is 14.5. The molecule has 3 aliphatic heterocycles. The predicted octanol–water partition coefficient (Wildman–Crippen LogP) is 3.14. The van der Waals surface area contributed by atoms with E-state index in [0.29, 0.717) is 10.2 Å². The number of hydrogen-bond acceptors (Lipinski definition) is 5. The third-order valence-electron chi connectivity index (χ3n) is 4.77. The van der Waals surface area contributed by atoms with Crippen LogP contribution in [0, 0.1) is 0 Å². The molecule has 0 bridgehead atoms. The average molecular weight is 401 g/mol. The van der Waals surface area contributed by atoms with E-state index in [9.17, 15) is 10.2 Å². The minimum atomic E-state index is 0.103. The Morgan fingerprint density at radius 2 is 2.08 bits per heavy atom. The Balaban J connectivity index is 1.65. The maximum atomic E-state index is 10.8. The van der Waals surface area contributed by atoms with Gasteiger partial charge in [-0.3, -0.25) is 9.98 Å². The van der Waals surface area contributed by atoms with Crippen molar-refractivity contribution in [2.75, 3.05) is 6.54 Å². The molecule has 2 aromatic rings. The molecule has 3 heterocycles. The minimum Gasteiger partial charge on any atom is -0.507 e. The van der Waals surface area contributed by atoms with Gasteiger partial charge in [-0.1, -0.05) is 0 Å². The third kappa shape index (κ3) is 1.99. The molecule has 4 nitrogen and oxygen atoms in total. The van der Waals surface area contributed by atoms with Crippen LogP contribution in [0.5, 0.6) is 11.5 Å². The number of benzene rings is 2. The third-order valence-corrected chi connectivity index (χ3v) is 6.74. The summed E-state index contributed by atoms with van der Waals surface area (Å²) in [5.41, 5.74) is 3.90. The Hall–Kier alpha value is -1.79. The Morgan fingerprint density at radius 1 is 1.21 bits per heavy atom. The van der Waals surface area contributed by atoms with Crippen LogP contribution in [0.25, 0.3) is 5.57 Å².